The van der Waals surface area contributed by atoms with Crippen LogP contribution in [0.3, 0.4) is 0 Å². The molecule has 0 saturated carbocycles. The van der Waals surface area contributed by atoms with Gasteiger partial charge >= 0.3 is 0 Å². The van der Waals surface area contributed by atoms with E-state index in [-0.39, 0.29) is 17.8 Å². The molecule has 0 bridgehead atoms. The molecule has 10 rings (SSSR count). The minimum atomic E-state index is -0.942. The minimum Gasteiger partial charge on any atom is -0.497 e. The molecule has 2 atom stereocenters. The van der Waals surface area contributed by atoms with Crippen molar-refractivity contribution in [2.45, 2.75) is 23.2 Å². The molecule has 0 amide bonds. The second-order valence-electron chi connectivity index (χ2n) is 16.9. The monoisotopic (exact) mass is 856 g/mol. The molecule has 3 heteroatoms. The van der Waals surface area contributed by atoms with E-state index in [1.807, 2.05) is 7.11 Å². The van der Waals surface area contributed by atoms with Crippen LogP contribution in [0.15, 0.2) is 260 Å². The fourth-order valence-corrected chi connectivity index (χ4v) is 10.9. The molecule has 0 N–H and O–H groups in total. The Kier molecular flexibility index (Phi) is 11.9. The molecule has 1 aliphatic rings. The van der Waals surface area contributed by atoms with Gasteiger partial charge in [-0.2, -0.15) is 0 Å². The van der Waals surface area contributed by atoms with E-state index >= 15 is 0 Å². The second kappa shape index (κ2) is 18.7. The average Bonchev–Trinajstić information content (AvgIpc) is 3.40. The van der Waals surface area contributed by atoms with E-state index in [2.05, 4.69) is 243 Å². The topological polar surface area (TPSA) is 27.7 Å². The number of methoxy groups -OCH3 is 3. The Labute approximate surface area is 388 Å². The summed E-state index contributed by atoms with van der Waals surface area (Å²) in [6, 6.07) is 88.4. The van der Waals surface area contributed by atoms with Crippen molar-refractivity contribution in [3.05, 3.63) is 304 Å². The quantitative estimate of drug-likeness (QED) is 0.116. The largest absolute Gasteiger partial charge is 0.497 e. The Bertz CT molecular complexity index is 3020. The lowest BCUT2D eigenvalue weighted by atomic mass is 9.49. The van der Waals surface area contributed by atoms with E-state index in [1.54, 1.807) is 14.2 Å². The lowest BCUT2D eigenvalue weighted by Gasteiger charge is -2.53. The predicted octanol–water partition coefficient (Wildman–Crippen LogP) is 15.0. The Morgan fingerprint density at radius 1 is 0.394 bits per heavy atom. The number of rotatable bonds is 13. The molecule has 3 nitrogen and oxygen atoms in total. The standard InChI is InChI=1S/C63H52O3/c1-64-52-40-36-50(37-41-52)60-59(56(45-23-9-4-10-24-45)46-25-11-5-12-26-46)62(66-3)58(49-31-17-8-18-32-49)61(57(47-27-13-6-14-28-47)48-29-15-7-16-30-48)63(60,51-38-42-53(65-2)43-39-51)55-35-21-33-44-22-19-20-34-54(44)55/h4-43,56-57,60H,1-3H3. The highest BCUT2D eigenvalue weighted by Gasteiger charge is 2.57. The van der Waals surface area contributed by atoms with Gasteiger partial charge in [0.25, 0.3) is 0 Å². The summed E-state index contributed by atoms with van der Waals surface area (Å²) in [6.45, 7) is 0. The molecule has 0 heterocycles. The third-order valence-corrected chi connectivity index (χ3v) is 13.5. The maximum Gasteiger partial charge on any atom is 0.127 e. The van der Waals surface area contributed by atoms with Gasteiger partial charge in [-0.3, -0.25) is 0 Å². The van der Waals surface area contributed by atoms with Crippen molar-refractivity contribution in [3.63, 3.8) is 0 Å². The first-order valence-electron chi connectivity index (χ1n) is 22.7. The zero-order chi connectivity index (χ0) is 44.9. The van der Waals surface area contributed by atoms with Crippen molar-refractivity contribution in [1.82, 2.24) is 0 Å². The van der Waals surface area contributed by atoms with E-state index < -0.39 is 5.41 Å². The smallest absolute Gasteiger partial charge is 0.127 e. The van der Waals surface area contributed by atoms with Crippen molar-refractivity contribution in [2.75, 3.05) is 21.3 Å². The Balaban J connectivity index is 1.54. The van der Waals surface area contributed by atoms with Crippen LogP contribution < -0.4 is 9.47 Å². The number of allylic oxidation sites excluding steroid dienone is 3. The fraction of sp³-hybridized carbons (Fsp3) is 0.111. The predicted molar refractivity (Wildman–Crippen MR) is 270 cm³/mol. The molecule has 0 radical (unpaired) electrons. The zero-order valence-electron chi connectivity index (χ0n) is 37.6. The minimum absolute atomic E-state index is 0.241. The molecule has 0 fully saturated rings. The normalized spacial score (nSPS) is 16.2. The van der Waals surface area contributed by atoms with Gasteiger partial charge in [-0.05, 0) is 90.7 Å². The van der Waals surface area contributed by atoms with E-state index in [1.165, 1.54) is 44.2 Å². The van der Waals surface area contributed by atoms with E-state index in [0.717, 1.165) is 45.1 Å². The van der Waals surface area contributed by atoms with Gasteiger partial charge in [-0.15, -0.1) is 0 Å². The second-order valence-corrected chi connectivity index (χ2v) is 16.9. The molecule has 1 aliphatic carbocycles. The zero-order valence-corrected chi connectivity index (χ0v) is 37.6. The van der Waals surface area contributed by atoms with Gasteiger partial charge in [-0.1, -0.05) is 218 Å². The molecule has 2 unspecified atom stereocenters. The van der Waals surface area contributed by atoms with Gasteiger partial charge < -0.3 is 14.2 Å². The highest BCUT2D eigenvalue weighted by Crippen LogP contribution is 2.66. The molecular weight excluding hydrogens is 805 g/mol. The number of hydrogen-bond donors (Lipinski definition) is 0. The third-order valence-electron chi connectivity index (χ3n) is 13.5. The van der Waals surface area contributed by atoms with Crippen LogP contribution in [0.25, 0.3) is 16.3 Å². The Morgan fingerprint density at radius 2 is 0.833 bits per heavy atom. The highest BCUT2D eigenvalue weighted by molar-refractivity contribution is 5.94. The molecule has 66 heavy (non-hydrogen) atoms. The van der Waals surface area contributed by atoms with Crippen LogP contribution in [0.4, 0.5) is 0 Å². The lowest BCUT2D eigenvalue weighted by Crippen LogP contribution is -2.45. The summed E-state index contributed by atoms with van der Waals surface area (Å²) < 4.78 is 19.1. The van der Waals surface area contributed by atoms with Crippen LogP contribution in [0.5, 0.6) is 11.5 Å². The van der Waals surface area contributed by atoms with Gasteiger partial charge in [0.1, 0.15) is 17.3 Å². The van der Waals surface area contributed by atoms with Crippen LogP contribution in [0, 0.1) is 0 Å². The van der Waals surface area contributed by atoms with Gasteiger partial charge in [0.15, 0.2) is 0 Å². The lowest BCUT2D eigenvalue weighted by molar-refractivity contribution is 0.290. The van der Waals surface area contributed by atoms with Gasteiger partial charge in [0.2, 0.25) is 0 Å². The van der Waals surface area contributed by atoms with Crippen molar-refractivity contribution >= 4 is 16.3 Å². The van der Waals surface area contributed by atoms with Gasteiger partial charge in [0.05, 0.1) is 26.7 Å². The van der Waals surface area contributed by atoms with Crippen molar-refractivity contribution in [3.8, 4) is 11.5 Å². The van der Waals surface area contributed by atoms with Crippen LogP contribution in [-0.4, -0.2) is 21.3 Å². The van der Waals surface area contributed by atoms with Crippen molar-refractivity contribution in [1.29, 1.82) is 0 Å². The molecule has 0 spiro atoms. The highest BCUT2D eigenvalue weighted by atomic mass is 16.5. The molecule has 0 aliphatic heterocycles. The van der Waals surface area contributed by atoms with E-state index in [9.17, 15) is 0 Å². The molecule has 0 saturated heterocycles. The summed E-state index contributed by atoms with van der Waals surface area (Å²) in [5, 5.41) is 2.34. The maximum atomic E-state index is 7.21. The SMILES string of the molecule is COC1=C(C(c2ccccc2)c2ccccc2)C(c2ccc(OC)cc2)C(c2ccc(OC)cc2)(c2cccc3ccccc23)C(C(c2ccccc2)c2ccccc2)=C1c1ccccc1. The van der Waals surface area contributed by atoms with E-state index in [0.29, 0.717) is 0 Å². The number of fused-ring (bicyclic) bond motifs is 1. The van der Waals surface area contributed by atoms with Crippen LogP contribution in [0.1, 0.15) is 62.3 Å². The summed E-state index contributed by atoms with van der Waals surface area (Å²) in [5.74, 6) is 1.57. The van der Waals surface area contributed by atoms with Gasteiger partial charge in [0, 0.05) is 23.3 Å². The van der Waals surface area contributed by atoms with Crippen LogP contribution in [-0.2, 0) is 10.2 Å². The average molecular weight is 857 g/mol. The van der Waals surface area contributed by atoms with Crippen molar-refractivity contribution in [2.24, 2.45) is 0 Å². The first-order chi connectivity index (χ1) is 32.6. The third kappa shape index (κ3) is 7.47. The number of ether oxygens (including phenoxy) is 3. The number of hydrogen-bond acceptors (Lipinski definition) is 3. The first-order valence-corrected chi connectivity index (χ1v) is 22.7. The van der Waals surface area contributed by atoms with Crippen LogP contribution in [0.2, 0.25) is 0 Å². The fourth-order valence-electron chi connectivity index (χ4n) is 10.9. The Hall–Kier alpha value is -7.88. The first kappa shape index (κ1) is 42.1. The van der Waals surface area contributed by atoms with Crippen molar-refractivity contribution < 1.29 is 14.2 Å². The maximum absolute atomic E-state index is 7.21. The molecule has 0 aromatic heterocycles. The summed E-state index contributed by atoms with van der Waals surface area (Å²) in [6.07, 6.45) is 0. The summed E-state index contributed by atoms with van der Waals surface area (Å²) in [7, 11) is 5.35. The summed E-state index contributed by atoms with van der Waals surface area (Å²) >= 11 is 0. The van der Waals surface area contributed by atoms with Crippen LogP contribution >= 0.6 is 0 Å². The molecule has 9 aromatic carbocycles. The number of benzene rings is 9. The van der Waals surface area contributed by atoms with Gasteiger partial charge in [-0.25, -0.2) is 0 Å². The summed E-state index contributed by atoms with van der Waals surface area (Å²) in [4.78, 5) is 0. The van der Waals surface area contributed by atoms with E-state index in [4.69, 9.17) is 14.2 Å². The summed E-state index contributed by atoms with van der Waals surface area (Å²) in [5.41, 5.74) is 11.7. The molecule has 9 aromatic rings. The Morgan fingerprint density at radius 3 is 1.33 bits per heavy atom. The molecule has 322 valence electrons. The molecular formula is C63H52O3.